The van der Waals surface area contributed by atoms with Gasteiger partial charge in [0.05, 0.1) is 6.54 Å². The average molecular weight is 306 g/mol. The minimum absolute atomic E-state index is 0.0186. The third-order valence-electron chi connectivity index (χ3n) is 2.82. The van der Waals surface area contributed by atoms with Crippen LogP contribution in [0.4, 0.5) is 8.78 Å². The molecule has 0 aromatic carbocycles. The molecule has 1 heterocycles. The molecular formula is C16H16F2N2O2. The van der Waals surface area contributed by atoms with Gasteiger partial charge in [-0.15, -0.1) is 6.42 Å². The van der Waals surface area contributed by atoms with E-state index < -0.39 is 23.5 Å². The molecule has 0 atom stereocenters. The van der Waals surface area contributed by atoms with E-state index >= 15 is 0 Å². The van der Waals surface area contributed by atoms with E-state index in [-0.39, 0.29) is 13.1 Å². The molecule has 22 heavy (non-hydrogen) atoms. The minimum Gasteiger partial charge on any atom is -0.329 e. The fourth-order valence-corrected chi connectivity index (χ4v) is 1.71. The molecule has 0 N–H and O–H groups in total. The molecule has 0 radical (unpaired) electrons. The van der Waals surface area contributed by atoms with E-state index in [2.05, 4.69) is 12.5 Å². The standard InChI is InChI=1S/C16H16F2N2O2/c1-3-9-19(15(21)13(2)17)10-5-4-8-14(18)16(22)20-11-6-7-12-20/h1,4-8H,2,9-12H2/b5-4+,14-8-. The van der Waals surface area contributed by atoms with Gasteiger partial charge in [0.2, 0.25) is 0 Å². The molecule has 6 heteroatoms. The van der Waals surface area contributed by atoms with Crippen LogP contribution in [0.15, 0.2) is 48.6 Å². The second-order valence-corrected chi connectivity index (χ2v) is 4.42. The third kappa shape index (κ3) is 5.02. The summed E-state index contributed by atoms with van der Waals surface area (Å²) < 4.78 is 26.4. The van der Waals surface area contributed by atoms with Crippen molar-refractivity contribution in [1.82, 2.24) is 9.80 Å². The van der Waals surface area contributed by atoms with Crippen molar-refractivity contribution in [1.29, 1.82) is 0 Å². The molecular weight excluding hydrogens is 290 g/mol. The number of halogens is 2. The lowest BCUT2D eigenvalue weighted by Gasteiger charge is -2.16. The lowest BCUT2D eigenvalue weighted by atomic mass is 10.3. The highest BCUT2D eigenvalue weighted by atomic mass is 19.1. The summed E-state index contributed by atoms with van der Waals surface area (Å²) in [5.74, 6) is -1.45. The molecule has 2 amide bonds. The predicted molar refractivity (Wildman–Crippen MR) is 79.7 cm³/mol. The summed E-state index contributed by atoms with van der Waals surface area (Å²) >= 11 is 0. The Morgan fingerprint density at radius 1 is 1.36 bits per heavy atom. The Morgan fingerprint density at radius 3 is 2.55 bits per heavy atom. The van der Waals surface area contributed by atoms with Crippen LogP contribution in [-0.2, 0) is 9.59 Å². The molecule has 0 aromatic rings. The van der Waals surface area contributed by atoms with Gasteiger partial charge in [-0.25, -0.2) is 8.78 Å². The highest BCUT2D eigenvalue weighted by molar-refractivity contribution is 5.92. The van der Waals surface area contributed by atoms with Gasteiger partial charge in [-0.3, -0.25) is 9.59 Å². The van der Waals surface area contributed by atoms with E-state index in [1.807, 2.05) is 0 Å². The largest absolute Gasteiger partial charge is 0.329 e. The van der Waals surface area contributed by atoms with Gasteiger partial charge in [0.1, 0.15) is 0 Å². The van der Waals surface area contributed by atoms with Crippen LogP contribution < -0.4 is 0 Å². The Kier molecular flexibility index (Phi) is 6.77. The maximum atomic E-state index is 13.6. The van der Waals surface area contributed by atoms with E-state index in [0.717, 1.165) is 11.0 Å². The molecule has 1 aliphatic rings. The second-order valence-electron chi connectivity index (χ2n) is 4.42. The minimum atomic E-state index is -1.12. The monoisotopic (exact) mass is 306 g/mol. The zero-order chi connectivity index (χ0) is 16.5. The van der Waals surface area contributed by atoms with Crippen LogP contribution in [-0.4, -0.2) is 47.8 Å². The first-order valence-corrected chi connectivity index (χ1v) is 6.51. The Bertz CT molecular complexity index is 577. The number of amides is 2. The van der Waals surface area contributed by atoms with E-state index in [9.17, 15) is 18.4 Å². The highest BCUT2D eigenvalue weighted by Crippen LogP contribution is 2.08. The lowest BCUT2D eigenvalue weighted by molar-refractivity contribution is -0.128. The molecule has 0 unspecified atom stereocenters. The van der Waals surface area contributed by atoms with Crippen molar-refractivity contribution in [2.24, 2.45) is 0 Å². The molecule has 0 saturated heterocycles. The molecule has 0 aliphatic carbocycles. The number of nitrogens with zero attached hydrogens (tertiary/aromatic N) is 2. The number of hydrogen-bond acceptors (Lipinski definition) is 2. The van der Waals surface area contributed by atoms with Gasteiger partial charge >= 0.3 is 0 Å². The first kappa shape index (κ1) is 17.4. The molecule has 1 aliphatic heterocycles. The number of rotatable bonds is 6. The van der Waals surface area contributed by atoms with Crippen molar-refractivity contribution < 1.29 is 18.4 Å². The van der Waals surface area contributed by atoms with Crippen molar-refractivity contribution in [2.45, 2.75) is 0 Å². The molecule has 4 nitrogen and oxygen atoms in total. The van der Waals surface area contributed by atoms with E-state index in [1.54, 1.807) is 12.2 Å². The van der Waals surface area contributed by atoms with Crippen LogP contribution in [0.1, 0.15) is 0 Å². The van der Waals surface area contributed by atoms with Crippen molar-refractivity contribution in [3.8, 4) is 12.3 Å². The van der Waals surface area contributed by atoms with Gasteiger partial charge in [0, 0.05) is 19.6 Å². The summed E-state index contributed by atoms with van der Waals surface area (Å²) in [5.41, 5.74) is 0. The quantitative estimate of drug-likeness (QED) is 0.325. The summed E-state index contributed by atoms with van der Waals surface area (Å²) in [6.45, 7) is 3.55. The Balaban J connectivity index is 2.57. The molecule has 0 fully saturated rings. The van der Waals surface area contributed by atoms with Gasteiger partial charge in [0.15, 0.2) is 11.7 Å². The zero-order valence-corrected chi connectivity index (χ0v) is 12.0. The second kappa shape index (κ2) is 8.57. The normalized spacial score (nSPS) is 14.2. The predicted octanol–water partition coefficient (Wildman–Crippen LogP) is 1.74. The van der Waals surface area contributed by atoms with Crippen LogP contribution in [0.3, 0.4) is 0 Å². The van der Waals surface area contributed by atoms with Crippen LogP contribution in [0.5, 0.6) is 0 Å². The van der Waals surface area contributed by atoms with Gasteiger partial charge < -0.3 is 9.80 Å². The van der Waals surface area contributed by atoms with Crippen molar-refractivity contribution in [3.05, 3.63) is 48.6 Å². The fraction of sp³-hybridized carbons (Fsp3) is 0.250. The molecule has 1 rings (SSSR count). The molecule has 0 spiro atoms. The van der Waals surface area contributed by atoms with Gasteiger partial charge in [-0.1, -0.05) is 36.8 Å². The SMILES string of the molecule is C#CCN(C/C=C/C=C(\F)C(=O)N1CC=CC1)C(=O)C(=C)F. The topological polar surface area (TPSA) is 40.6 Å². The van der Waals surface area contributed by atoms with Crippen LogP contribution >= 0.6 is 0 Å². The Labute approximate surface area is 128 Å². The summed E-state index contributed by atoms with van der Waals surface area (Å²) in [7, 11) is 0. The van der Waals surface area contributed by atoms with Gasteiger partial charge in [-0.05, 0) is 6.08 Å². The summed E-state index contributed by atoms with van der Waals surface area (Å²) in [6.07, 6.45) is 12.3. The van der Waals surface area contributed by atoms with Crippen LogP contribution in [0.25, 0.3) is 0 Å². The van der Waals surface area contributed by atoms with Crippen molar-refractivity contribution >= 4 is 11.8 Å². The first-order valence-electron chi connectivity index (χ1n) is 6.51. The number of allylic oxidation sites excluding steroid dienone is 2. The van der Waals surface area contributed by atoms with E-state index in [1.165, 1.54) is 17.1 Å². The number of terminal acetylenes is 1. The maximum absolute atomic E-state index is 13.6. The summed E-state index contributed by atoms with van der Waals surface area (Å²) in [4.78, 5) is 25.4. The Morgan fingerprint density at radius 2 is 2.00 bits per heavy atom. The lowest BCUT2D eigenvalue weighted by Crippen LogP contribution is -2.31. The first-order chi connectivity index (χ1) is 10.5. The number of carbonyl (C=O) groups excluding carboxylic acids is 2. The van der Waals surface area contributed by atoms with E-state index in [0.29, 0.717) is 13.1 Å². The average Bonchev–Trinajstić information content (AvgIpc) is 3.02. The van der Waals surface area contributed by atoms with Crippen LogP contribution in [0, 0.1) is 12.3 Å². The van der Waals surface area contributed by atoms with Gasteiger partial charge in [-0.2, -0.15) is 0 Å². The van der Waals surface area contributed by atoms with Crippen molar-refractivity contribution in [2.75, 3.05) is 26.2 Å². The molecule has 0 aromatic heterocycles. The molecule has 0 bridgehead atoms. The molecule has 116 valence electrons. The molecule has 0 saturated carbocycles. The van der Waals surface area contributed by atoms with Crippen molar-refractivity contribution in [3.63, 3.8) is 0 Å². The summed E-state index contributed by atoms with van der Waals surface area (Å²) in [5, 5.41) is 0. The summed E-state index contributed by atoms with van der Waals surface area (Å²) in [6, 6.07) is 0. The fourth-order valence-electron chi connectivity index (χ4n) is 1.71. The van der Waals surface area contributed by atoms with E-state index in [4.69, 9.17) is 6.42 Å². The number of hydrogen-bond donors (Lipinski definition) is 0. The van der Waals surface area contributed by atoms with Gasteiger partial charge in [0.25, 0.3) is 11.8 Å². The van der Waals surface area contributed by atoms with Crippen LogP contribution in [0.2, 0.25) is 0 Å². The zero-order valence-electron chi connectivity index (χ0n) is 12.0. The highest BCUT2D eigenvalue weighted by Gasteiger charge is 2.18. The maximum Gasteiger partial charge on any atom is 0.283 e. The smallest absolute Gasteiger partial charge is 0.283 e. The Hall–Kier alpha value is -2.68. The third-order valence-corrected chi connectivity index (χ3v) is 2.82. The number of carbonyl (C=O) groups is 2.